The predicted octanol–water partition coefficient (Wildman–Crippen LogP) is 1.48. The number of carbonyl (C=O) groups excluding carboxylic acids is 2. The van der Waals surface area contributed by atoms with Gasteiger partial charge in [0.1, 0.15) is 6.04 Å². The maximum Gasteiger partial charge on any atom is 0.253 e. The number of sulfone groups is 1. The predicted molar refractivity (Wildman–Crippen MR) is 116 cm³/mol. The molecule has 1 N–H and O–H groups in total. The van der Waals surface area contributed by atoms with Gasteiger partial charge in [-0.25, -0.2) is 8.42 Å². The Morgan fingerprint density at radius 3 is 2.17 bits per heavy atom. The highest BCUT2D eigenvalue weighted by atomic mass is 32.2. The summed E-state index contributed by atoms with van der Waals surface area (Å²) in [6.07, 6.45) is 0. The molecule has 0 radical (unpaired) electrons. The summed E-state index contributed by atoms with van der Waals surface area (Å²) in [5, 5.41) is 2.96. The van der Waals surface area contributed by atoms with Crippen molar-refractivity contribution in [2.75, 3.05) is 38.7 Å². The summed E-state index contributed by atoms with van der Waals surface area (Å²) >= 11 is 0. The molecule has 2 amide bonds. The summed E-state index contributed by atoms with van der Waals surface area (Å²) in [5.74, 6) is -0.126. The maximum atomic E-state index is 13.1. The van der Waals surface area contributed by atoms with Crippen LogP contribution in [-0.2, 0) is 21.2 Å². The van der Waals surface area contributed by atoms with Crippen LogP contribution in [0.1, 0.15) is 27.5 Å². The summed E-state index contributed by atoms with van der Waals surface area (Å²) in [6, 6.07) is 16.0. The highest BCUT2D eigenvalue weighted by Gasteiger charge is 2.32. The van der Waals surface area contributed by atoms with Gasteiger partial charge in [-0.3, -0.25) is 14.5 Å². The van der Waals surface area contributed by atoms with Crippen molar-refractivity contribution < 1.29 is 18.0 Å². The molecular formula is C22H27N3O4S. The van der Waals surface area contributed by atoms with Crippen molar-refractivity contribution in [1.29, 1.82) is 0 Å². The molecule has 1 atom stereocenters. The van der Waals surface area contributed by atoms with Crippen molar-refractivity contribution in [2.24, 2.45) is 0 Å². The van der Waals surface area contributed by atoms with Crippen LogP contribution in [0.2, 0.25) is 0 Å². The van der Waals surface area contributed by atoms with Gasteiger partial charge >= 0.3 is 0 Å². The van der Waals surface area contributed by atoms with E-state index in [9.17, 15) is 18.0 Å². The van der Waals surface area contributed by atoms with Gasteiger partial charge < -0.3 is 10.2 Å². The molecule has 0 bridgehead atoms. The lowest BCUT2D eigenvalue weighted by molar-refractivity contribution is -0.126. The first-order chi connectivity index (χ1) is 14.3. The van der Waals surface area contributed by atoms with Crippen LogP contribution in [0, 0.1) is 0 Å². The second-order valence-electron chi connectivity index (χ2n) is 7.62. The van der Waals surface area contributed by atoms with Crippen LogP contribution in [0.4, 0.5) is 0 Å². The third-order valence-electron chi connectivity index (χ3n) is 5.18. The molecule has 160 valence electrons. The second-order valence-corrected chi connectivity index (χ2v) is 9.92. The zero-order chi connectivity index (χ0) is 21.7. The molecule has 0 aliphatic carbocycles. The Kier molecular flexibility index (Phi) is 6.89. The minimum atomic E-state index is -3.03. The number of rotatable bonds is 6. The molecular weight excluding hydrogens is 402 g/mol. The topological polar surface area (TPSA) is 86.8 Å². The third-order valence-corrected chi connectivity index (χ3v) is 6.79. The van der Waals surface area contributed by atoms with Crippen LogP contribution < -0.4 is 5.32 Å². The molecule has 2 aromatic carbocycles. The van der Waals surface area contributed by atoms with E-state index in [2.05, 4.69) is 5.32 Å². The minimum absolute atomic E-state index is 0.0605. The average molecular weight is 430 g/mol. The Morgan fingerprint density at radius 2 is 1.60 bits per heavy atom. The highest BCUT2D eigenvalue weighted by Crippen LogP contribution is 2.23. The van der Waals surface area contributed by atoms with Crippen LogP contribution in [0.15, 0.2) is 54.6 Å². The average Bonchev–Trinajstić information content (AvgIpc) is 2.74. The third kappa shape index (κ3) is 5.46. The SMILES string of the molecule is CN(C)C(=O)c1ccc(CNC(=O)C(c2ccccc2)N2CCS(=O)(=O)CC2)cc1. The summed E-state index contributed by atoms with van der Waals surface area (Å²) in [5.41, 5.74) is 2.31. The largest absolute Gasteiger partial charge is 0.350 e. The lowest BCUT2D eigenvalue weighted by Crippen LogP contribution is -2.47. The van der Waals surface area contributed by atoms with Crippen LogP contribution in [0.5, 0.6) is 0 Å². The van der Waals surface area contributed by atoms with Gasteiger partial charge in [-0.05, 0) is 23.3 Å². The molecule has 1 fully saturated rings. The molecule has 2 aromatic rings. The normalized spacial score (nSPS) is 17.1. The Bertz CT molecular complexity index is 975. The Labute approximate surface area is 177 Å². The zero-order valence-corrected chi connectivity index (χ0v) is 18.1. The van der Waals surface area contributed by atoms with E-state index in [-0.39, 0.29) is 23.3 Å². The van der Waals surface area contributed by atoms with Gasteiger partial charge in [-0.2, -0.15) is 0 Å². The van der Waals surface area contributed by atoms with E-state index in [1.165, 1.54) is 4.90 Å². The molecule has 1 saturated heterocycles. The number of carbonyl (C=O) groups is 2. The number of hydrogen-bond acceptors (Lipinski definition) is 5. The lowest BCUT2D eigenvalue weighted by atomic mass is 10.0. The zero-order valence-electron chi connectivity index (χ0n) is 17.2. The molecule has 1 aliphatic heterocycles. The van der Waals surface area contributed by atoms with Gasteiger partial charge in [0.05, 0.1) is 11.5 Å². The van der Waals surface area contributed by atoms with E-state index < -0.39 is 15.9 Å². The molecule has 1 unspecified atom stereocenters. The number of amides is 2. The molecule has 1 aliphatic rings. The quantitative estimate of drug-likeness (QED) is 0.752. The molecule has 0 spiro atoms. The number of benzene rings is 2. The van der Waals surface area contributed by atoms with Crippen molar-refractivity contribution >= 4 is 21.7 Å². The first-order valence-corrected chi connectivity index (χ1v) is 11.7. The van der Waals surface area contributed by atoms with Crippen LogP contribution in [0.25, 0.3) is 0 Å². The Balaban J connectivity index is 1.70. The molecule has 0 aromatic heterocycles. The summed E-state index contributed by atoms with van der Waals surface area (Å²) in [4.78, 5) is 28.5. The summed E-state index contributed by atoms with van der Waals surface area (Å²) in [7, 11) is 0.367. The van der Waals surface area contributed by atoms with Gasteiger partial charge in [-0.1, -0.05) is 42.5 Å². The number of hydrogen-bond donors (Lipinski definition) is 1. The fourth-order valence-electron chi connectivity index (χ4n) is 3.46. The monoisotopic (exact) mass is 429 g/mol. The molecule has 3 rings (SSSR count). The van der Waals surface area contributed by atoms with E-state index in [0.29, 0.717) is 25.2 Å². The van der Waals surface area contributed by atoms with E-state index in [1.54, 1.807) is 26.2 Å². The second kappa shape index (κ2) is 9.40. The van der Waals surface area contributed by atoms with Crippen molar-refractivity contribution in [3.63, 3.8) is 0 Å². The van der Waals surface area contributed by atoms with Gasteiger partial charge in [0.2, 0.25) is 5.91 Å². The standard InChI is InChI=1S/C22H27N3O4S/c1-24(2)22(27)19-10-8-17(9-11-19)16-23-21(26)20(18-6-4-3-5-7-18)25-12-14-30(28,29)15-13-25/h3-11,20H,12-16H2,1-2H3,(H,23,26). The van der Waals surface area contributed by atoms with Crippen molar-refractivity contribution in [3.8, 4) is 0 Å². The summed E-state index contributed by atoms with van der Waals surface area (Å²) < 4.78 is 23.6. The Hall–Kier alpha value is -2.71. The van der Waals surface area contributed by atoms with Gasteiger partial charge in [0.25, 0.3) is 5.91 Å². The van der Waals surface area contributed by atoms with Gasteiger partial charge in [-0.15, -0.1) is 0 Å². The van der Waals surface area contributed by atoms with Crippen molar-refractivity contribution in [1.82, 2.24) is 15.1 Å². The van der Waals surface area contributed by atoms with E-state index >= 15 is 0 Å². The highest BCUT2D eigenvalue weighted by molar-refractivity contribution is 7.91. The maximum absolute atomic E-state index is 13.1. The number of nitrogens with zero attached hydrogens (tertiary/aromatic N) is 2. The summed E-state index contributed by atoms with van der Waals surface area (Å²) in [6.45, 7) is 0.984. The van der Waals surface area contributed by atoms with Crippen molar-refractivity contribution in [2.45, 2.75) is 12.6 Å². The first-order valence-electron chi connectivity index (χ1n) is 9.84. The fraction of sp³-hybridized carbons (Fsp3) is 0.364. The fourth-order valence-corrected chi connectivity index (χ4v) is 4.69. The molecule has 30 heavy (non-hydrogen) atoms. The lowest BCUT2D eigenvalue weighted by Gasteiger charge is -2.33. The minimum Gasteiger partial charge on any atom is -0.350 e. The molecule has 8 heteroatoms. The molecule has 7 nitrogen and oxygen atoms in total. The van der Waals surface area contributed by atoms with E-state index in [1.807, 2.05) is 47.4 Å². The number of nitrogens with one attached hydrogen (secondary N) is 1. The smallest absolute Gasteiger partial charge is 0.253 e. The van der Waals surface area contributed by atoms with Crippen LogP contribution in [-0.4, -0.2) is 68.7 Å². The van der Waals surface area contributed by atoms with Crippen LogP contribution >= 0.6 is 0 Å². The molecule has 1 heterocycles. The Morgan fingerprint density at radius 1 is 1.00 bits per heavy atom. The van der Waals surface area contributed by atoms with E-state index in [4.69, 9.17) is 0 Å². The first kappa shape index (κ1) is 22.0. The molecule has 0 saturated carbocycles. The van der Waals surface area contributed by atoms with E-state index in [0.717, 1.165) is 11.1 Å². The van der Waals surface area contributed by atoms with Gasteiger partial charge in [0, 0.05) is 39.3 Å². The van der Waals surface area contributed by atoms with Crippen LogP contribution in [0.3, 0.4) is 0 Å². The van der Waals surface area contributed by atoms with Crippen molar-refractivity contribution in [3.05, 3.63) is 71.3 Å². The van der Waals surface area contributed by atoms with Gasteiger partial charge in [0.15, 0.2) is 9.84 Å².